The van der Waals surface area contributed by atoms with E-state index in [0.717, 1.165) is 11.1 Å². The number of hydrogen-bond acceptors (Lipinski definition) is 4. The second-order valence-corrected chi connectivity index (χ2v) is 5.88. The van der Waals surface area contributed by atoms with Crippen LogP contribution in [0.25, 0.3) is 11.1 Å². The molecule has 3 rings (SSSR count). The fourth-order valence-corrected chi connectivity index (χ4v) is 2.65. The van der Waals surface area contributed by atoms with Gasteiger partial charge in [-0.25, -0.2) is 0 Å². The maximum atomic E-state index is 12.7. The topological polar surface area (TPSA) is 66.8 Å². The van der Waals surface area contributed by atoms with Crippen molar-refractivity contribution in [2.24, 2.45) is 0 Å². The fraction of sp³-hybridized carbons (Fsp3) is 0.136. The van der Waals surface area contributed by atoms with E-state index in [2.05, 4.69) is 0 Å². The third-order valence-corrected chi connectivity index (χ3v) is 4.04. The highest BCUT2D eigenvalue weighted by Gasteiger charge is 2.14. The van der Waals surface area contributed by atoms with Crippen LogP contribution in [-0.4, -0.2) is 29.2 Å². The summed E-state index contributed by atoms with van der Waals surface area (Å²) in [5.41, 5.74) is 2.85. The molecule has 3 aromatic carbocycles. The van der Waals surface area contributed by atoms with E-state index in [4.69, 9.17) is 9.84 Å². The molecule has 0 aliphatic carbocycles. The van der Waals surface area contributed by atoms with Crippen LogP contribution in [0.4, 0.5) is 0 Å². The molecule has 0 bridgehead atoms. The van der Waals surface area contributed by atoms with Crippen molar-refractivity contribution in [2.45, 2.75) is 6.42 Å². The monoisotopic (exact) mass is 348 g/mol. The van der Waals surface area contributed by atoms with Crippen LogP contribution >= 0.6 is 0 Å². The minimum atomic E-state index is -0.246. The number of benzene rings is 3. The van der Waals surface area contributed by atoms with Crippen LogP contribution < -0.4 is 4.74 Å². The quantitative estimate of drug-likeness (QED) is 0.499. The maximum Gasteiger partial charge on any atom is 0.196 e. The van der Waals surface area contributed by atoms with Gasteiger partial charge in [0.05, 0.1) is 12.2 Å². The molecule has 26 heavy (non-hydrogen) atoms. The average molecular weight is 348 g/mol. The van der Waals surface area contributed by atoms with E-state index in [0.29, 0.717) is 24.3 Å². The Morgan fingerprint density at radius 2 is 1.58 bits per heavy atom. The van der Waals surface area contributed by atoms with Crippen molar-refractivity contribution < 1.29 is 19.7 Å². The minimum absolute atomic E-state index is 0.0432. The van der Waals surface area contributed by atoms with Gasteiger partial charge in [-0.3, -0.25) is 4.79 Å². The van der Waals surface area contributed by atoms with Crippen LogP contribution in [0.15, 0.2) is 72.8 Å². The summed E-state index contributed by atoms with van der Waals surface area (Å²) in [6.45, 7) is 0.395. The minimum Gasteiger partial charge on any atom is -0.507 e. The number of carbonyl (C=O) groups is 1. The fourth-order valence-electron chi connectivity index (χ4n) is 2.65. The molecule has 0 saturated heterocycles. The van der Waals surface area contributed by atoms with Gasteiger partial charge >= 0.3 is 0 Å². The van der Waals surface area contributed by atoms with Gasteiger partial charge in [0, 0.05) is 24.7 Å². The van der Waals surface area contributed by atoms with E-state index in [-0.39, 0.29) is 23.7 Å². The molecule has 0 spiro atoms. The van der Waals surface area contributed by atoms with Crippen molar-refractivity contribution >= 4 is 5.78 Å². The zero-order valence-corrected chi connectivity index (χ0v) is 14.3. The predicted octanol–water partition coefficient (Wildman–Crippen LogP) is 4.05. The number of aromatic hydroxyl groups is 1. The lowest BCUT2D eigenvalue weighted by atomic mass is 9.99. The Hall–Kier alpha value is -3.11. The summed E-state index contributed by atoms with van der Waals surface area (Å²) in [5, 5.41) is 18.9. The lowest BCUT2D eigenvalue weighted by Crippen LogP contribution is -2.03. The van der Waals surface area contributed by atoms with Crippen molar-refractivity contribution in [3.8, 4) is 22.6 Å². The molecule has 0 amide bonds. The number of ether oxygens (including phenoxy) is 1. The van der Waals surface area contributed by atoms with E-state index in [9.17, 15) is 9.90 Å². The second-order valence-electron chi connectivity index (χ2n) is 5.88. The Balaban J connectivity index is 1.76. The third kappa shape index (κ3) is 4.10. The molecule has 0 aliphatic heterocycles. The molecule has 0 radical (unpaired) electrons. The van der Waals surface area contributed by atoms with Crippen LogP contribution in [-0.2, 0) is 0 Å². The van der Waals surface area contributed by atoms with Crippen LogP contribution in [0.1, 0.15) is 22.3 Å². The molecule has 0 fully saturated rings. The number of hydrogen-bond donors (Lipinski definition) is 2. The first-order valence-electron chi connectivity index (χ1n) is 8.46. The first kappa shape index (κ1) is 17.7. The SMILES string of the molecule is O=C(c1ccc(-c2ccccc2)cc1)c1ccc(OCCCO)cc1O. The van der Waals surface area contributed by atoms with Gasteiger partial charge in [0.25, 0.3) is 0 Å². The maximum absolute atomic E-state index is 12.7. The first-order valence-corrected chi connectivity index (χ1v) is 8.46. The van der Waals surface area contributed by atoms with E-state index >= 15 is 0 Å². The normalized spacial score (nSPS) is 10.5. The van der Waals surface area contributed by atoms with Gasteiger partial charge in [0.1, 0.15) is 11.5 Å². The molecule has 0 atom stereocenters. The molecular weight excluding hydrogens is 328 g/mol. The number of aliphatic hydroxyl groups is 1. The molecule has 0 aromatic heterocycles. The third-order valence-electron chi connectivity index (χ3n) is 4.04. The largest absolute Gasteiger partial charge is 0.507 e. The van der Waals surface area contributed by atoms with Crippen LogP contribution in [0.3, 0.4) is 0 Å². The molecule has 3 aromatic rings. The molecule has 0 heterocycles. The summed E-state index contributed by atoms with van der Waals surface area (Å²) in [7, 11) is 0. The molecule has 0 saturated carbocycles. The van der Waals surface area contributed by atoms with Gasteiger partial charge in [-0.1, -0.05) is 54.6 Å². The van der Waals surface area contributed by atoms with E-state index < -0.39 is 0 Å². The summed E-state index contributed by atoms with van der Waals surface area (Å²) in [5.74, 6) is 0.0968. The highest BCUT2D eigenvalue weighted by molar-refractivity contribution is 6.10. The van der Waals surface area contributed by atoms with Gasteiger partial charge in [-0.05, 0) is 23.3 Å². The lowest BCUT2D eigenvalue weighted by molar-refractivity contribution is 0.103. The summed E-state index contributed by atoms with van der Waals surface area (Å²) in [6.07, 6.45) is 0.509. The Kier molecular flexibility index (Phi) is 5.66. The van der Waals surface area contributed by atoms with Crippen molar-refractivity contribution in [1.29, 1.82) is 0 Å². The molecule has 4 heteroatoms. The number of ketones is 1. The van der Waals surface area contributed by atoms with Gasteiger partial charge in [-0.15, -0.1) is 0 Å². The number of rotatable bonds is 7. The Morgan fingerprint density at radius 3 is 2.23 bits per heavy atom. The number of phenolic OH excluding ortho intramolecular Hbond substituents is 1. The van der Waals surface area contributed by atoms with Crippen molar-refractivity contribution in [3.05, 3.63) is 83.9 Å². The van der Waals surface area contributed by atoms with E-state index in [1.54, 1.807) is 24.3 Å². The zero-order valence-electron chi connectivity index (χ0n) is 14.3. The molecular formula is C22H20O4. The Bertz CT molecular complexity index is 870. The predicted molar refractivity (Wildman–Crippen MR) is 101 cm³/mol. The average Bonchev–Trinajstić information content (AvgIpc) is 2.69. The molecule has 4 nitrogen and oxygen atoms in total. The van der Waals surface area contributed by atoms with Gasteiger partial charge in [0.15, 0.2) is 5.78 Å². The van der Waals surface area contributed by atoms with Crippen molar-refractivity contribution in [2.75, 3.05) is 13.2 Å². The standard InChI is InChI=1S/C22H20O4/c23-13-4-14-26-19-11-12-20(21(24)15-19)22(25)18-9-7-17(8-10-18)16-5-2-1-3-6-16/h1-3,5-12,15,23-24H,4,13-14H2. The lowest BCUT2D eigenvalue weighted by Gasteiger charge is -2.09. The number of phenols is 1. The van der Waals surface area contributed by atoms with Crippen molar-refractivity contribution in [3.63, 3.8) is 0 Å². The van der Waals surface area contributed by atoms with Gasteiger partial charge < -0.3 is 14.9 Å². The summed E-state index contributed by atoms with van der Waals surface area (Å²) >= 11 is 0. The van der Waals surface area contributed by atoms with E-state index in [1.165, 1.54) is 6.07 Å². The van der Waals surface area contributed by atoms with E-state index in [1.807, 2.05) is 42.5 Å². The molecule has 2 N–H and O–H groups in total. The second kappa shape index (κ2) is 8.32. The van der Waals surface area contributed by atoms with Crippen LogP contribution in [0.2, 0.25) is 0 Å². The van der Waals surface area contributed by atoms with Gasteiger partial charge in [0.2, 0.25) is 0 Å². The van der Waals surface area contributed by atoms with Crippen LogP contribution in [0, 0.1) is 0 Å². The Labute approximate surface area is 152 Å². The molecule has 0 aliphatic rings. The Morgan fingerprint density at radius 1 is 0.885 bits per heavy atom. The smallest absolute Gasteiger partial charge is 0.196 e. The van der Waals surface area contributed by atoms with Gasteiger partial charge in [-0.2, -0.15) is 0 Å². The van der Waals surface area contributed by atoms with Crippen molar-refractivity contribution in [1.82, 2.24) is 0 Å². The molecule has 132 valence electrons. The highest BCUT2D eigenvalue weighted by atomic mass is 16.5. The zero-order chi connectivity index (χ0) is 18.4. The summed E-state index contributed by atoms with van der Waals surface area (Å²) in [4.78, 5) is 12.7. The first-order chi connectivity index (χ1) is 12.7. The number of aliphatic hydroxyl groups excluding tert-OH is 1. The number of carbonyl (C=O) groups excluding carboxylic acids is 1. The van der Waals surface area contributed by atoms with Crippen LogP contribution in [0.5, 0.6) is 11.5 Å². The summed E-state index contributed by atoms with van der Waals surface area (Å²) < 4.78 is 5.40. The highest BCUT2D eigenvalue weighted by Crippen LogP contribution is 2.27. The summed E-state index contributed by atoms with van der Waals surface area (Å²) in [6, 6.07) is 21.8. The molecule has 0 unspecified atom stereocenters.